The smallest absolute Gasteiger partial charge is 0.371 e. The molecule has 0 bridgehead atoms. The number of carbonyl (C=O) groups is 1. The molecule has 31 heavy (non-hydrogen) atoms. The molecule has 7 nitrogen and oxygen atoms in total. The minimum absolute atomic E-state index is 0.228. The topological polar surface area (TPSA) is 87.6 Å². The standard InChI is InChI=1S/C20H18F4N6O/c1-25-19-16-17(30(2)9-27-16)13-6-14(28-18(13)29-19)11-3-10(4-12(21)5-11)8-26-15(31)7-20(22,23)24/h3-6,9H,7-8H2,1-2H3,(H,26,31)(H2,25,28,29). The lowest BCUT2D eigenvalue weighted by Gasteiger charge is -2.09. The number of aryl methyl sites for hydroxylation is 1. The largest absolute Gasteiger partial charge is 0.397 e. The van der Waals surface area contributed by atoms with E-state index in [9.17, 15) is 22.4 Å². The van der Waals surface area contributed by atoms with Gasteiger partial charge in [0.15, 0.2) is 5.82 Å². The summed E-state index contributed by atoms with van der Waals surface area (Å²) in [6.45, 7) is -0.228. The van der Waals surface area contributed by atoms with E-state index in [1.165, 1.54) is 6.07 Å². The summed E-state index contributed by atoms with van der Waals surface area (Å²) in [5.41, 5.74) is 3.47. The maximum Gasteiger partial charge on any atom is 0.397 e. The van der Waals surface area contributed by atoms with Crippen molar-refractivity contribution in [2.75, 3.05) is 12.4 Å². The number of amides is 1. The van der Waals surface area contributed by atoms with Crippen LogP contribution in [-0.4, -0.2) is 38.7 Å². The van der Waals surface area contributed by atoms with Crippen LogP contribution in [0.4, 0.5) is 23.4 Å². The second-order valence-electron chi connectivity index (χ2n) is 7.13. The first kappa shape index (κ1) is 20.6. The minimum Gasteiger partial charge on any atom is -0.371 e. The quantitative estimate of drug-likeness (QED) is 0.416. The Morgan fingerprint density at radius 3 is 2.71 bits per heavy atom. The highest BCUT2D eigenvalue weighted by atomic mass is 19.4. The number of pyridine rings is 1. The Morgan fingerprint density at radius 2 is 2.00 bits per heavy atom. The lowest BCUT2D eigenvalue weighted by Crippen LogP contribution is -2.28. The fourth-order valence-corrected chi connectivity index (χ4v) is 3.48. The molecular formula is C20H18F4N6O. The number of fused-ring (bicyclic) bond motifs is 3. The number of rotatable bonds is 5. The first-order valence-corrected chi connectivity index (χ1v) is 9.29. The highest BCUT2D eigenvalue weighted by Gasteiger charge is 2.31. The molecule has 0 aliphatic carbocycles. The van der Waals surface area contributed by atoms with Crippen LogP contribution in [0, 0.1) is 5.82 Å². The van der Waals surface area contributed by atoms with Crippen LogP contribution in [0.3, 0.4) is 0 Å². The molecule has 11 heteroatoms. The number of nitrogens with one attached hydrogen (secondary N) is 3. The third kappa shape index (κ3) is 4.16. The Bertz CT molecular complexity index is 1290. The number of aromatic amines is 1. The average molecular weight is 434 g/mol. The molecule has 162 valence electrons. The molecule has 1 amide bonds. The van der Waals surface area contributed by atoms with E-state index in [1.54, 1.807) is 19.4 Å². The highest BCUT2D eigenvalue weighted by molar-refractivity contribution is 6.07. The lowest BCUT2D eigenvalue weighted by atomic mass is 10.1. The van der Waals surface area contributed by atoms with Crippen molar-refractivity contribution < 1.29 is 22.4 Å². The molecule has 0 aliphatic rings. The second-order valence-corrected chi connectivity index (χ2v) is 7.13. The maximum atomic E-state index is 14.2. The van der Waals surface area contributed by atoms with E-state index >= 15 is 0 Å². The monoisotopic (exact) mass is 434 g/mol. The SMILES string of the molecule is CNc1nc2[nH]c(-c3cc(F)cc(CNC(=O)CC(F)(F)F)c3)cc2c2c1ncn2C. The molecule has 0 unspecified atom stereocenters. The number of halogens is 4. The Labute approximate surface area is 173 Å². The normalized spacial score (nSPS) is 11.9. The van der Waals surface area contributed by atoms with Gasteiger partial charge >= 0.3 is 6.18 Å². The third-order valence-corrected chi connectivity index (χ3v) is 4.79. The Morgan fingerprint density at radius 1 is 1.23 bits per heavy atom. The number of hydrogen-bond donors (Lipinski definition) is 3. The van der Waals surface area contributed by atoms with Gasteiger partial charge in [0.25, 0.3) is 0 Å². The average Bonchev–Trinajstić information content (AvgIpc) is 3.27. The van der Waals surface area contributed by atoms with Gasteiger partial charge in [-0.3, -0.25) is 4.79 Å². The van der Waals surface area contributed by atoms with Gasteiger partial charge in [-0.2, -0.15) is 13.2 Å². The highest BCUT2D eigenvalue weighted by Crippen LogP contribution is 2.32. The predicted octanol–water partition coefficient (Wildman–Crippen LogP) is 3.87. The summed E-state index contributed by atoms with van der Waals surface area (Å²) in [7, 11) is 3.59. The van der Waals surface area contributed by atoms with Gasteiger partial charge in [0.05, 0.1) is 11.8 Å². The molecule has 0 spiro atoms. The van der Waals surface area contributed by atoms with E-state index in [-0.39, 0.29) is 6.54 Å². The zero-order chi connectivity index (χ0) is 22.3. The molecule has 0 saturated carbocycles. The molecule has 0 radical (unpaired) electrons. The van der Waals surface area contributed by atoms with Gasteiger partial charge in [-0.15, -0.1) is 0 Å². The van der Waals surface area contributed by atoms with Crippen molar-refractivity contribution in [1.29, 1.82) is 0 Å². The molecule has 4 aromatic rings. The zero-order valence-electron chi connectivity index (χ0n) is 16.6. The van der Waals surface area contributed by atoms with Gasteiger partial charge in [-0.25, -0.2) is 14.4 Å². The summed E-state index contributed by atoms with van der Waals surface area (Å²) < 4.78 is 53.0. The van der Waals surface area contributed by atoms with Crippen molar-refractivity contribution >= 4 is 33.8 Å². The minimum atomic E-state index is -4.60. The molecular weight excluding hydrogens is 416 g/mol. The predicted molar refractivity (Wildman–Crippen MR) is 108 cm³/mol. The molecule has 0 fully saturated rings. The van der Waals surface area contributed by atoms with E-state index in [1.807, 2.05) is 17.7 Å². The van der Waals surface area contributed by atoms with Gasteiger partial charge in [0.1, 0.15) is 23.4 Å². The number of nitrogens with zero attached hydrogens (tertiary/aromatic N) is 3. The van der Waals surface area contributed by atoms with Crippen molar-refractivity contribution in [3.8, 4) is 11.3 Å². The molecule has 0 atom stereocenters. The molecule has 3 N–H and O–H groups in total. The third-order valence-electron chi connectivity index (χ3n) is 4.79. The Balaban J connectivity index is 1.69. The van der Waals surface area contributed by atoms with Gasteiger partial charge < -0.3 is 20.2 Å². The first-order chi connectivity index (χ1) is 14.6. The molecule has 1 aromatic carbocycles. The molecule has 3 aromatic heterocycles. The summed E-state index contributed by atoms with van der Waals surface area (Å²) in [5, 5.41) is 5.95. The summed E-state index contributed by atoms with van der Waals surface area (Å²) >= 11 is 0. The number of hydrogen-bond acceptors (Lipinski definition) is 4. The van der Waals surface area contributed by atoms with E-state index in [0.717, 1.165) is 17.0 Å². The number of H-pyrrole nitrogens is 1. The lowest BCUT2D eigenvalue weighted by molar-refractivity contribution is -0.153. The summed E-state index contributed by atoms with van der Waals surface area (Å²) in [6, 6.07) is 5.87. The van der Waals surface area contributed by atoms with E-state index in [2.05, 4.69) is 25.6 Å². The van der Waals surface area contributed by atoms with Crippen molar-refractivity contribution in [2.24, 2.45) is 7.05 Å². The molecule has 0 saturated heterocycles. The summed E-state index contributed by atoms with van der Waals surface area (Å²) in [4.78, 5) is 23.5. The van der Waals surface area contributed by atoms with Gasteiger partial charge in [0, 0.05) is 37.3 Å². The number of aromatic nitrogens is 4. The molecule has 3 heterocycles. The number of imidazole rings is 1. The van der Waals surface area contributed by atoms with Crippen LogP contribution in [-0.2, 0) is 18.4 Å². The molecule has 0 aliphatic heterocycles. The Kier molecular flexibility index (Phi) is 5.03. The fraction of sp³-hybridized carbons (Fsp3) is 0.250. The van der Waals surface area contributed by atoms with Gasteiger partial charge in [-0.1, -0.05) is 0 Å². The van der Waals surface area contributed by atoms with E-state index < -0.39 is 24.3 Å². The number of benzene rings is 1. The molecule has 4 rings (SSSR count). The van der Waals surface area contributed by atoms with Crippen LogP contribution in [0.1, 0.15) is 12.0 Å². The van der Waals surface area contributed by atoms with Crippen molar-refractivity contribution in [3.63, 3.8) is 0 Å². The van der Waals surface area contributed by atoms with Crippen LogP contribution >= 0.6 is 0 Å². The van der Waals surface area contributed by atoms with E-state index in [4.69, 9.17) is 0 Å². The number of carbonyl (C=O) groups excluding carboxylic acids is 1. The number of anilines is 1. The maximum absolute atomic E-state index is 14.2. The van der Waals surface area contributed by atoms with E-state index in [0.29, 0.717) is 33.8 Å². The van der Waals surface area contributed by atoms with Gasteiger partial charge in [0.2, 0.25) is 5.91 Å². The van der Waals surface area contributed by atoms with Crippen LogP contribution in [0.5, 0.6) is 0 Å². The number of alkyl halides is 3. The van der Waals surface area contributed by atoms with Crippen LogP contribution < -0.4 is 10.6 Å². The van der Waals surface area contributed by atoms with Gasteiger partial charge in [-0.05, 0) is 29.8 Å². The van der Waals surface area contributed by atoms with Crippen LogP contribution in [0.15, 0.2) is 30.6 Å². The van der Waals surface area contributed by atoms with Crippen LogP contribution in [0.25, 0.3) is 33.3 Å². The fourth-order valence-electron chi connectivity index (χ4n) is 3.48. The van der Waals surface area contributed by atoms with Crippen molar-refractivity contribution in [1.82, 2.24) is 24.8 Å². The second kappa shape index (κ2) is 7.56. The van der Waals surface area contributed by atoms with Crippen molar-refractivity contribution in [3.05, 3.63) is 42.0 Å². The Hall–Kier alpha value is -3.63. The summed E-state index contributed by atoms with van der Waals surface area (Å²) in [5.74, 6) is -1.17. The zero-order valence-corrected chi connectivity index (χ0v) is 16.6. The first-order valence-electron chi connectivity index (χ1n) is 9.29. The van der Waals surface area contributed by atoms with Crippen molar-refractivity contribution in [2.45, 2.75) is 19.1 Å². The summed E-state index contributed by atoms with van der Waals surface area (Å²) in [6.07, 6.45) is -4.52. The van der Waals surface area contributed by atoms with Crippen LogP contribution in [0.2, 0.25) is 0 Å².